The van der Waals surface area contributed by atoms with Gasteiger partial charge in [-0.15, -0.1) is 11.6 Å². The molecule has 11 heavy (non-hydrogen) atoms. The molecule has 56 valence electrons. The molecule has 1 heterocycles. The van der Waals surface area contributed by atoms with Gasteiger partial charge in [-0.3, -0.25) is 4.98 Å². The molecule has 0 spiro atoms. The highest BCUT2D eigenvalue weighted by Gasteiger charge is 1.94. The highest BCUT2D eigenvalue weighted by atomic mass is 35.5. The summed E-state index contributed by atoms with van der Waals surface area (Å²) in [5.74, 6) is 0.402. The van der Waals surface area contributed by atoms with E-state index in [2.05, 4.69) is 11.1 Å². The lowest BCUT2D eigenvalue weighted by atomic mass is 10.2. The van der Waals surface area contributed by atoms with Crippen LogP contribution in [-0.2, 0) is 12.3 Å². The van der Waals surface area contributed by atoms with Crippen LogP contribution in [0.3, 0.4) is 0 Å². The predicted molar refractivity (Wildman–Crippen MR) is 43.1 cm³/mol. The van der Waals surface area contributed by atoms with Crippen LogP contribution in [0.15, 0.2) is 18.3 Å². The number of rotatable bonds is 2. The highest BCUT2D eigenvalue weighted by molar-refractivity contribution is 6.16. The normalized spacial score (nSPS) is 9.09. The van der Waals surface area contributed by atoms with E-state index in [0.717, 1.165) is 11.3 Å². The minimum atomic E-state index is 0.402. The molecule has 0 fully saturated rings. The maximum absolute atomic E-state index is 8.38. The van der Waals surface area contributed by atoms with E-state index in [1.807, 2.05) is 12.1 Å². The second kappa shape index (κ2) is 3.95. The van der Waals surface area contributed by atoms with Gasteiger partial charge in [0.1, 0.15) is 0 Å². The van der Waals surface area contributed by atoms with E-state index < -0.39 is 0 Å². The fraction of sp³-hybridized carbons (Fsp3) is 0.250. The number of aromatic nitrogens is 1. The molecule has 0 aliphatic rings. The maximum atomic E-state index is 8.38. The molecule has 0 radical (unpaired) electrons. The molecule has 0 bridgehead atoms. The van der Waals surface area contributed by atoms with Gasteiger partial charge in [0, 0.05) is 6.20 Å². The first-order valence-corrected chi connectivity index (χ1v) is 3.77. The summed E-state index contributed by atoms with van der Waals surface area (Å²) in [7, 11) is 0. The van der Waals surface area contributed by atoms with Crippen molar-refractivity contribution in [2.75, 3.05) is 0 Å². The molecule has 0 N–H and O–H groups in total. The van der Waals surface area contributed by atoms with Crippen LogP contribution in [0.1, 0.15) is 11.3 Å². The lowest BCUT2D eigenvalue weighted by molar-refractivity contribution is 1.12. The number of nitrogens with zero attached hydrogens (tertiary/aromatic N) is 2. The monoisotopic (exact) mass is 166 g/mol. The first-order valence-electron chi connectivity index (χ1n) is 3.23. The van der Waals surface area contributed by atoms with Gasteiger partial charge in [-0.05, 0) is 17.7 Å². The van der Waals surface area contributed by atoms with E-state index in [1.54, 1.807) is 6.20 Å². The van der Waals surface area contributed by atoms with Crippen LogP contribution in [0.5, 0.6) is 0 Å². The Bertz CT molecular complexity index is 278. The van der Waals surface area contributed by atoms with E-state index in [1.165, 1.54) is 0 Å². The molecule has 0 aliphatic carbocycles. The molecular weight excluding hydrogens is 160 g/mol. The largest absolute Gasteiger partial charge is 0.260 e. The number of hydrogen-bond donors (Lipinski definition) is 0. The van der Waals surface area contributed by atoms with Gasteiger partial charge in [-0.1, -0.05) is 0 Å². The Morgan fingerprint density at radius 1 is 1.64 bits per heavy atom. The summed E-state index contributed by atoms with van der Waals surface area (Å²) < 4.78 is 0. The van der Waals surface area contributed by atoms with Gasteiger partial charge < -0.3 is 0 Å². The van der Waals surface area contributed by atoms with Crippen LogP contribution in [0.4, 0.5) is 0 Å². The Labute approximate surface area is 70.4 Å². The number of nitriles is 1. The second-order valence-electron chi connectivity index (χ2n) is 2.12. The topological polar surface area (TPSA) is 36.7 Å². The fourth-order valence-corrected chi connectivity index (χ4v) is 0.949. The van der Waals surface area contributed by atoms with Crippen molar-refractivity contribution in [2.24, 2.45) is 0 Å². The quantitative estimate of drug-likeness (QED) is 0.630. The Hall–Kier alpha value is -1.07. The number of pyridine rings is 1. The van der Waals surface area contributed by atoms with Gasteiger partial charge in [0.25, 0.3) is 0 Å². The average molecular weight is 167 g/mol. The van der Waals surface area contributed by atoms with Crippen molar-refractivity contribution in [3.63, 3.8) is 0 Å². The molecule has 2 nitrogen and oxygen atoms in total. The molecule has 3 heteroatoms. The van der Waals surface area contributed by atoms with E-state index >= 15 is 0 Å². The molecule has 0 aliphatic heterocycles. The number of hydrogen-bond acceptors (Lipinski definition) is 2. The van der Waals surface area contributed by atoms with E-state index in [4.69, 9.17) is 16.9 Å². The minimum absolute atomic E-state index is 0.402. The predicted octanol–water partition coefficient (Wildman–Crippen LogP) is 1.89. The summed E-state index contributed by atoms with van der Waals surface area (Å²) in [6, 6.07) is 5.73. The van der Waals surface area contributed by atoms with Gasteiger partial charge in [-0.25, -0.2) is 0 Å². The highest BCUT2D eigenvalue weighted by Crippen LogP contribution is 2.04. The summed E-state index contributed by atoms with van der Waals surface area (Å²) in [5, 5.41) is 8.38. The third kappa shape index (κ3) is 2.21. The van der Waals surface area contributed by atoms with Crippen LogP contribution in [-0.4, -0.2) is 4.98 Å². The molecule has 0 amide bonds. The van der Waals surface area contributed by atoms with E-state index in [9.17, 15) is 0 Å². The zero-order valence-corrected chi connectivity index (χ0v) is 6.67. The van der Waals surface area contributed by atoms with Crippen molar-refractivity contribution in [1.29, 1.82) is 5.26 Å². The van der Waals surface area contributed by atoms with Crippen LogP contribution in [0.25, 0.3) is 0 Å². The number of halogens is 1. The van der Waals surface area contributed by atoms with Gasteiger partial charge in [0.2, 0.25) is 0 Å². The van der Waals surface area contributed by atoms with Crippen LogP contribution >= 0.6 is 11.6 Å². The smallest absolute Gasteiger partial charge is 0.0669 e. The third-order valence-electron chi connectivity index (χ3n) is 1.30. The summed E-state index contributed by atoms with van der Waals surface area (Å²) in [4.78, 5) is 4.00. The minimum Gasteiger partial charge on any atom is -0.260 e. The van der Waals surface area contributed by atoms with Crippen LogP contribution < -0.4 is 0 Å². The molecule has 0 unspecified atom stereocenters. The Morgan fingerprint density at radius 3 is 3.09 bits per heavy atom. The molecule has 0 saturated carbocycles. The zero-order chi connectivity index (χ0) is 8.10. The van der Waals surface area contributed by atoms with Gasteiger partial charge in [-0.2, -0.15) is 5.26 Å². The standard InChI is InChI=1S/C8H7ClN2/c9-6-8-5-7(1-3-10)2-4-11-8/h2,4-5H,1,6H2. The van der Waals surface area contributed by atoms with Crippen molar-refractivity contribution in [3.8, 4) is 6.07 Å². The molecule has 0 atom stereocenters. The van der Waals surface area contributed by atoms with Crippen molar-refractivity contribution in [1.82, 2.24) is 4.98 Å². The summed E-state index contributed by atoms with van der Waals surface area (Å²) in [5.41, 5.74) is 1.79. The molecule has 1 rings (SSSR count). The Kier molecular flexibility index (Phi) is 2.88. The first-order chi connectivity index (χ1) is 5.36. The lowest BCUT2D eigenvalue weighted by Gasteiger charge is -1.95. The zero-order valence-electron chi connectivity index (χ0n) is 5.92. The van der Waals surface area contributed by atoms with Crippen molar-refractivity contribution in [3.05, 3.63) is 29.6 Å². The average Bonchev–Trinajstić information content (AvgIpc) is 2.06. The van der Waals surface area contributed by atoms with Gasteiger partial charge >= 0.3 is 0 Å². The fourth-order valence-electron chi connectivity index (χ4n) is 0.802. The molecule has 0 saturated heterocycles. The third-order valence-corrected chi connectivity index (χ3v) is 1.57. The second-order valence-corrected chi connectivity index (χ2v) is 2.39. The summed E-state index contributed by atoms with van der Waals surface area (Å²) >= 11 is 5.55. The van der Waals surface area contributed by atoms with E-state index in [-0.39, 0.29) is 0 Å². The molecule has 0 aromatic carbocycles. The van der Waals surface area contributed by atoms with E-state index in [0.29, 0.717) is 12.3 Å². The van der Waals surface area contributed by atoms with Gasteiger partial charge in [0.15, 0.2) is 0 Å². The summed E-state index contributed by atoms with van der Waals surface area (Å²) in [6.07, 6.45) is 2.09. The Morgan fingerprint density at radius 2 is 2.45 bits per heavy atom. The summed E-state index contributed by atoms with van der Waals surface area (Å²) in [6.45, 7) is 0. The van der Waals surface area contributed by atoms with Crippen LogP contribution in [0.2, 0.25) is 0 Å². The van der Waals surface area contributed by atoms with Gasteiger partial charge in [0.05, 0.1) is 24.1 Å². The SMILES string of the molecule is N#CCc1ccnc(CCl)c1. The van der Waals surface area contributed by atoms with Crippen molar-refractivity contribution < 1.29 is 0 Å². The Balaban J connectivity index is 2.84. The number of alkyl halides is 1. The first kappa shape index (κ1) is 8.03. The molecule has 1 aromatic heterocycles. The van der Waals surface area contributed by atoms with Crippen molar-refractivity contribution in [2.45, 2.75) is 12.3 Å². The lowest BCUT2D eigenvalue weighted by Crippen LogP contribution is -1.87. The van der Waals surface area contributed by atoms with Crippen molar-refractivity contribution >= 4 is 11.6 Å². The van der Waals surface area contributed by atoms with Crippen LogP contribution in [0, 0.1) is 11.3 Å². The maximum Gasteiger partial charge on any atom is 0.0669 e. The molecular formula is C8H7ClN2. The molecule has 1 aromatic rings.